The van der Waals surface area contributed by atoms with E-state index in [2.05, 4.69) is 15.9 Å². The second-order valence-electron chi connectivity index (χ2n) is 9.91. The minimum absolute atomic E-state index is 0.0140. The molecule has 1 fully saturated rings. The van der Waals surface area contributed by atoms with Crippen LogP contribution in [0.4, 0.5) is 5.69 Å². The number of allylic oxidation sites excluding steroid dienone is 2. The van der Waals surface area contributed by atoms with Crippen molar-refractivity contribution in [1.29, 1.82) is 0 Å². The minimum Gasteiger partial charge on any atom is -0.454 e. The lowest BCUT2D eigenvalue weighted by molar-refractivity contribution is -0.122. The Kier molecular flexibility index (Phi) is 6.93. The number of pyridine rings is 1. The van der Waals surface area contributed by atoms with Crippen LogP contribution in [0.1, 0.15) is 33.4 Å². The molecule has 0 N–H and O–H groups in total. The molecule has 0 unspecified atom stereocenters. The van der Waals surface area contributed by atoms with Gasteiger partial charge in [0.1, 0.15) is 0 Å². The van der Waals surface area contributed by atoms with Crippen molar-refractivity contribution in [3.63, 3.8) is 0 Å². The molecule has 40 heavy (non-hydrogen) atoms. The van der Waals surface area contributed by atoms with Crippen LogP contribution in [0.5, 0.6) is 0 Å². The van der Waals surface area contributed by atoms with E-state index in [1.54, 1.807) is 60.0 Å². The second-order valence-corrected chi connectivity index (χ2v) is 11.8. The molecule has 1 aliphatic heterocycles. The second kappa shape index (κ2) is 10.6. The number of carbonyl (C=O) groups is 4. The molecule has 7 nitrogen and oxygen atoms in total. The maximum atomic E-state index is 13.2. The number of fused-ring (bicyclic) bond motifs is 2. The zero-order valence-corrected chi connectivity index (χ0v) is 23.8. The van der Waals surface area contributed by atoms with Gasteiger partial charge in [0.15, 0.2) is 6.61 Å². The molecule has 9 heteroatoms. The Labute approximate surface area is 242 Å². The molecule has 1 aliphatic carbocycles. The number of aromatic nitrogens is 1. The van der Waals surface area contributed by atoms with Gasteiger partial charge in [0, 0.05) is 15.4 Å². The summed E-state index contributed by atoms with van der Waals surface area (Å²) >= 11 is 4.74. The lowest BCUT2D eigenvalue weighted by atomic mass is 9.78. The Bertz CT molecular complexity index is 1700. The smallest absolute Gasteiger partial charge is 0.339 e. The van der Waals surface area contributed by atoms with Crippen molar-refractivity contribution < 1.29 is 23.9 Å². The lowest BCUT2D eigenvalue weighted by Gasteiger charge is -2.22. The zero-order valence-electron chi connectivity index (χ0n) is 21.4. The normalized spacial score (nSPS) is 20.1. The maximum Gasteiger partial charge on any atom is 0.339 e. The highest BCUT2D eigenvalue weighted by Crippen LogP contribution is 2.40. The van der Waals surface area contributed by atoms with Gasteiger partial charge in [-0.15, -0.1) is 11.3 Å². The molecule has 200 valence electrons. The number of amides is 2. The molecule has 3 atom stereocenters. The van der Waals surface area contributed by atoms with E-state index in [4.69, 9.17) is 9.72 Å². The molecule has 3 heterocycles. The molecule has 0 spiro atoms. The van der Waals surface area contributed by atoms with Crippen LogP contribution in [-0.2, 0) is 14.3 Å². The van der Waals surface area contributed by atoms with Gasteiger partial charge in [0.05, 0.1) is 39.2 Å². The van der Waals surface area contributed by atoms with Gasteiger partial charge in [-0.05, 0) is 60.2 Å². The number of Topliss-reactive ketones (excluding diaryl/α,β-unsaturated/α-hetero) is 1. The monoisotopic (exact) mass is 614 g/mol. The molecule has 0 bridgehead atoms. The number of imide groups is 1. The Balaban J connectivity index is 1.30. The number of nitrogens with zero attached hydrogens (tertiary/aromatic N) is 2. The molecule has 4 aromatic rings. The number of carbonyl (C=O) groups excluding carboxylic acids is 4. The van der Waals surface area contributed by atoms with E-state index in [9.17, 15) is 19.2 Å². The van der Waals surface area contributed by atoms with Gasteiger partial charge < -0.3 is 4.74 Å². The van der Waals surface area contributed by atoms with Crippen molar-refractivity contribution in [3.05, 3.63) is 93.1 Å². The Morgan fingerprint density at radius 3 is 2.60 bits per heavy atom. The fourth-order valence-electron chi connectivity index (χ4n) is 5.42. The molecule has 6 rings (SSSR count). The molecule has 2 amide bonds. The molecule has 0 radical (unpaired) electrons. The first-order valence-corrected chi connectivity index (χ1v) is 14.5. The van der Waals surface area contributed by atoms with Crippen LogP contribution in [0.15, 0.2) is 82.7 Å². The summed E-state index contributed by atoms with van der Waals surface area (Å²) in [6, 6.07) is 17.5. The maximum absolute atomic E-state index is 13.2. The van der Waals surface area contributed by atoms with Crippen LogP contribution in [0.25, 0.3) is 22.2 Å². The standard InChI is InChI=1S/C31H23BrN2O5S/c1-17-4-2-5-21-28(17)30(37)34(29(21)36)20-10-7-18(8-11-20)25-15-23(22-14-19(32)9-12-24(22)33-25)31(38)39-16-26(35)27-6-3-13-40-27/h2-4,6-15,17,21,28H,5,16H2,1H3/t17-,21-,28+/m1/s1. The minimum atomic E-state index is -0.633. The van der Waals surface area contributed by atoms with Crippen molar-refractivity contribution in [2.75, 3.05) is 11.5 Å². The lowest BCUT2D eigenvalue weighted by Crippen LogP contribution is -2.31. The average molecular weight is 616 g/mol. The van der Waals surface area contributed by atoms with Gasteiger partial charge in [0.25, 0.3) is 0 Å². The highest BCUT2D eigenvalue weighted by molar-refractivity contribution is 9.10. The van der Waals surface area contributed by atoms with E-state index < -0.39 is 5.97 Å². The zero-order chi connectivity index (χ0) is 28.0. The van der Waals surface area contributed by atoms with E-state index in [-0.39, 0.29) is 47.5 Å². The predicted octanol–water partition coefficient (Wildman–Crippen LogP) is 6.47. The number of hydrogen-bond acceptors (Lipinski definition) is 7. The van der Waals surface area contributed by atoms with Crippen molar-refractivity contribution in [3.8, 4) is 11.3 Å². The van der Waals surface area contributed by atoms with Gasteiger partial charge in [0.2, 0.25) is 17.6 Å². The van der Waals surface area contributed by atoms with Gasteiger partial charge >= 0.3 is 5.97 Å². The first-order valence-electron chi connectivity index (χ1n) is 12.8. The van der Waals surface area contributed by atoms with Crippen molar-refractivity contribution in [1.82, 2.24) is 4.98 Å². The van der Waals surface area contributed by atoms with Crippen molar-refractivity contribution >= 4 is 67.4 Å². The molecule has 0 saturated carbocycles. The van der Waals surface area contributed by atoms with E-state index in [0.717, 1.165) is 4.47 Å². The van der Waals surface area contributed by atoms with Crippen LogP contribution < -0.4 is 4.90 Å². The third-order valence-corrected chi connectivity index (χ3v) is 8.82. The number of hydrogen-bond donors (Lipinski definition) is 0. The quantitative estimate of drug-likeness (QED) is 0.107. The Morgan fingerprint density at radius 1 is 1.07 bits per heavy atom. The van der Waals surface area contributed by atoms with Crippen LogP contribution >= 0.6 is 27.3 Å². The summed E-state index contributed by atoms with van der Waals surface area (Å²) in [6.45, 7) is 1.60. The number of benzene rings is 2. The number of thiophene rings is 1. The van der Waals surface area contributed by atoms with Gasteiger partial charge in [-0.2, -0.15) is 0 Å². The summed E-state index contributed by atoms with van der Waals surface area (Å²) < 4.78 is 6.18. The fraction of sp³-hybridized carbons (Fsp3) is 0.194. The topological polar surface area (TPSA) is 93.6 Å². The van der Waals surface area contributed by atoms with Crippen molar-refractivity contribution in [2.24, 2.45) is 17.8 Å². The summed E-state index contributed by atoms with van der Waals surface area (Å²) in [4.78, 5) is 58.4. The molecule has 2 aromatic carbocycles. The summed E-state index contributed by atoms with van der Waals surface area (Å²) in [6.07, 6.45) is 4.56. The van der Waals surface area contributed by atoms with E-state index in [0.29, 0.717) is 39.1 Å². The van der Waals surface area contributed by atoms with Crippen LogP contribution in [0.2, 0.25) is 0 Å². The number of halogens is 1. The van der Waals surface area contributed by atoms with E-state index >= 15 is 0 Å². The first kappa shape index (κ1) is 26.3. The summed E-state index contributed by atoms with van der Waals surface area (Å²) in [7, 11) is 0. The Hall–Kier alpha value is -3.95. The van der Waals surface area contributed by atoms with Gasteiger partial charge in [-0.1, -0.05) is 53.2 Å². The first-order chi connectivity index (χ1) is 19.3. The number of anilines is 1. The molecular formula is C31H23BrN2O5S. The fourth-order valence-corrected chi connectivity index (χ4v) is 6.43. The van der Waals surface area contributed by atoms with Gasteiger partial charge in [-0.25, -0.2) is 9.78 Å². The number of rotatable bonds is 6. The van der Waals surface area contributed by atoms with Crippen LogP contribution in [-0.4, -0.2) is 35.2 Å². The largest absolute Gasteiger partial charge is 0.454 e. The molecule has 2 aromatic heterocycles. The number of ether oxygens (including phenoxy) is 1. The summed E-state index contributed by atoms with van der Waals surface area (Å²) in [5.74, 6) is -1.89. The molecular weight excluding hydrogens is 592 g/mol. The van der Waals surface area contributed by atoms with Crippen LogP contribution in [0.3, 0.4) is 0 Å². The number of ketones is 1. The van der Waals surface area contributed by atoms with E-state index in [1.807, 2.05) is 25.1 Å². The SMILES string of the molecule is C[C@@H]1C=CC[C@H]2C(=O)N(c3ccc(-c4cc(C(=O)OCC(=O)c5cccs5)c5cc(Br)ccc5n4)cc3)C(=O)[C@@H]12. The van der Waals surface area contributed by atoms with Crippen molar-refractivity contribution in [2.45, 2.75) is 13.3 Å². The highest BCUT2D eigenvalue weighted by atomic mass is 79.9. The van der Waals surface area contributed by atoms with E-state index in [1.165, 1.54) is 16.2 Å². The van der Waals surface area contributed by atoms with Crippen LogP contribution in [0, 0.1) is 17.8 Å². The summed E-state index contributed by atoms with van der Waals surface area (Å²) in [5, 5.41) is 2.38. The average Bonchev–Trinajstić information content (AvgIpc) is 3.59. The van der Waals surface area contributed by atoms with Gasteiger partial charge in [-0.3, -0.25) is 19.3 Å². The summed E-state index contributed by atoms with van der Waals surface area (Å²) in [5.41, 5.74) is 2.58. The highest BCUT2D eigenvalue weighted by Gasteiger charge is 2.50. The predicted molar refractivity (Wildman–Crippen MR) is 156 cm³/mol. The Morgan fingerprint density at radius 2 is 1.88 bits per heavy atom. The molecule has 2 aliphatic rings. The number of esters is 1. The molecule has 1 saturated heterocycles. The third kappa shape index (κ3) is 4.69. The third-order valence-electron chi connectivity index (χ3n) is 7.41.